The lowest BCUT2D eigenvalue weighted by atomic mass is 10.1. The number of nitrogens with one attached hydrogen (secondary N) is 1. The molecule has 0 bridgehead atoms. The van der Waals surface area contributed by atoms with Gasteiger partial charge in [-0.15, -0.1) is 0 Å². The van der Waals surface area contributed by atoms with Gasteiger partial charge < -0.3 is 10.2 Å². The summed E-state index contributed by atoms with van der Waals surface area (Å²) in [4.78, 5) is 30.4. The highest BCUT2D eigenvalue weighted by atomic mass is 16.2. The molecular formula is C19H25N5O2. The van der Waals surface area contributed by atoms with Gasteiger partial charge in [-0.3, -0.25) is 19.3 Å². The third-order valence-corrected chi connectivity index (χ3v) is 4.59. The molecule has 0 radical (unpaired) electrons. The van der Waals surface area contributed by atoms with Crippen LogP contribution in [0.3, 0.4) is 0 Å². The molecule has 3 rings (SSSR count). The van der Waals surface area contributed by atoms with Crippen LogP contribution in [0.2, 0.25) is 0 Å². The molecule has 2 aromatic heterocycles. The smallest absolute Gasteiger partial charge is 0.224 e. The molecule has 7 heteroatoms. The molecule has 0 spiro atoms. The quantitative estimate of drug-likeness (QED) is 0.859. The Morgan fingerprint density at radius 1 is 1.31 bits per heavy atom. The first-order valence-electron chi connectivity index (χ1n) is 9.03. The Labute approximate surface area is 153 Å². The number of amides is 2. The number of pyridine rings is 1. The van der Waals surface area contributed by atoms with Crippen molar-refractivity contribution in [1.82, 2.24) is 25.0 Å². The van der Waals surface area contributed by atoms with Crippen LogP contribution in [0.5, 0.6) is 0 Å². The number of aromatic nitrogens is 3. The van der Waals surface area contributed by atoms with Crippen LogP contribution < -0.4 is 5.32 Å². The molecule has 0 aliphatic carbocycles. The molecule has 1 N–H and O–H groups in total. The molecule has 3 heterocycles. The Morgan fingerprint density at radius 3 is 2.88 bits per heavy atom. The fraction of sp³-hybridized carbons (Fsp3) is 0.474. The third-order valence-electron chi connectivity index (χ3n) is 4.59. The lowest BCUT2D eigenvalue weighted by molar-refractivity contribution is -0.132. The van der Waals surface area contributed by atoms with Crippen molar-refractivity contribution in [2.75, 3.05) is 6.54 Å². The van der Waals surface area contributed by atoms with Crippen molar-refractivity contribution in [2.45, 2.75) is 52.2 Å². The van der Waals surface area contributed by atoms with Gasteiger partial charge in [-0.1, -0.05) is 6.07 Å². The molecule has 0 unspecified atom stereocenters. The Kier molecular flexibility index (Phi) is 5.65. The first kappa shape index (κ1) is 18.1. The number of nitrogens with zero attached hydrogens (tertiary/aromatic N) is 4. The highest BCUT2D eigenvalue weighted by molar-refractivity contribution is 5.77. The fourth-order valence-electron chi connectivity index (χ4n) is 3.31. The van der Waals surface area contributed by atoms with Gasteiger partial charge in [0.1, 0.15) is 0 Å². The second-order valence-corrected chi connectivity index (χ2v) is 6.68. The van der Waals surface area contributed by atoms with Crippen molar-refractivity contribution >= 4 is 11.8 Å². The second kappa shape index (κ2) is 8.12. The van der Waals surface area contributed by atoms with Crippen LogP contribution in [0.25, 0.3) is 0 Å². The van der Waals surface area contributed by atoms with Gasteiger partial charge in [-0.2, -0.15) is 5.10 Å². The Hall–Kier alpha value is -2.70. The van der Waals surface area contributed by atoms with Crippen LogP contribution in [0.15, 0.2) is 30.5 Å². The molecule has 1 fully saturated rings. The van der Waals surface area contributed by atoms with Gasteiger partial charge in [0.05, 0.1) is 29.7 Å². The van der Waals surface area contributed by atoms with Crippen molar-refractivity contribution < 1.29 is 9.59 Å². The molecule has 7 nitrogen and oxygen atoms in total. The van der Waals surface area contributed by atoms with E-state index < -0.39 is 0 Å². The van der Waals surface area contributed by atoms with Gasteiger partial charge in [0.25, 0.3) is 0 Å². The Morgan fingerprint density at radius 2 is 2.15 bits per heavy atom. The minimum absolute atomic E-state index is 0.0131. The van der Waals surface area contributed by atoms with Crippen LogP contribution in [-0.2, 0) is 22.7 Å². The summed E-state index contributed by atoms with van der Waals surface area (Å²) in [6.45, 7) is 5.18. The zero-order valence-electron chi connectivity index (χ0n) is 15.3. The largest absolute Gasteiger partial charge is 0.351 e. The Bertz CT molecular complexity index is 786. The van der Waals surface area contributed by atoms with E-state index in [-0.39, 0.29) is 17.9 Å². The van der Waals surface area contributed by atoms with Crippen molar-refractivity contribution in [3.8, 4) is 0 Å². The lowest BCUT2D eigenvalue weighted by Gasteiger charge is -2.24. The molecule has 2 aromatic rings. The number of rotatable bonds is 6. The highest BCUT2D eigenvalue weighted by Crippen LogP contribution is 2.31. The van der Waals surface area contributed by atoms with Gasteiger partial charge in [0.15, 0.2) is 0 Å². The molecule has 1 atom stereocenters. The van der Waals surface area contributed by atoms with E-state index in [2.05, 4.69) is 15.4 Å². The van der Waals surface area contributed by atoms with E-state index in [0.29, 0.717) is 19.5 Å². The minimum atomic E-state index is -0.0799. The topological polar surface area (TPSA) is 80.1 Å². The SMILES string of the molecule is CC(=O)NCc1cccc([C@H]2CCCN2C(=O)CCn2ccc(C)n2)n1. The first-order valence-corrected chi connectivity index (χ1v) is 9.03. The average Bonchev–Trinajstić information content (AvgIpc) is 3.27. The summed E-state index contributed by atoms with van der Waals surface area (Å²) >= 11 is 0. The lowest BCUT2D eigenvalue weighted by Crippen LogP contribution is -2.32. The van der Waals surface area contributed by atoms with E-state index in [0.717, 1.165) is 36.5 Å². The predicted octanol–water partition coefficient (Wildman–Crippen LogP) is 1.98. The molecular weight excluding hydrogens is 330 g/mol. The van der Waals surface area contributed by atoms with Gasteiger partial charge in [0.2, 0.25) is 11.8 Å². The summed E-state index contributed by atoms with van der Waals surface area (Å²) in [7, 11) is 0. The van der Waals surface area contributed by atoms with Gasteiger partial charge in [-0.05, 0) is 38.0 Å². The van der Waals surface area contributed by atoms with E-state index in [1.807, 2.05) is 47.0 Å². The van der Waals surface area contributed by atoms with E-state index in [1.165, 1.54) is 6.92 Å². The summed E-state index contributed by atoms with van der Waals surface area (Å²) in [5.74, 6) is 0.0541. The number of carbonyl (C=O) groups excluding carboxylic acids is 2. The van der Waals surface area contributed by atoms with Crippen LogP contribution in [0, 0.1) is 6.92 Å². The minimum Gasteiger partial charge on any atom is -0.351 e. The fourth-order valence-corrected chi connectivity index (χ4v) is 3.31. The highest BCUT2D eigenvalue weighted by Gasteiger charge is 2.30. The maximum atomic E-state index is 12.7. The van der Waals surface area contributed by atoms with Gasteiger partial charge in [-0.25, -0.2) is 0 Å². The van der Waals surface area contributed by atoms with Crippen molar-refractivity contribution in [3.63, 3.8) is 0 Å². The van der Waals surface area contributed by atoms with E-state index in [9.17, 15) is 9.59 Å². The number of hydrogen-bond acceptors (Lipinski definition) is 4. The number of aryl methyl sites for hydroxylation is 2. The van der Waals surface area contributed by atoms with Crippen LogP contribution in [0.1, 0.15) is 49.3 Å². The molecule has 2 amide bonds. The van der Waals surface area contributed by atoms with Gasteiger partial charge >= 0.3 is 0 Å². The van der Waals surface area contributed by atoms with E-state index in [4.69, 9.17) is 0 Å². The van der Waals surface area contributed by atoms with Crippen LogP contribution >= 0.6 is 0 Å². The van der Waals surface area contributed by atoms with Crippen molar-refractivity contribution in [1.29, 1.82) is 0 Å². The second-order valence-electron chi connectivity index (χ2n) is 6.68. The molecule has 138 valence electrons. The van der Waals surface area contributed by atoms with Crippen LogP contribution in [-0.4, -0.2) is 38.0 Å². The summed E-state index contributed by atoms with van der Waals surface area (Å²) in [5, 5.41) is 7.09. The Balaban J connectivity index is 1.64. The summed E-state index contributed by atoms with van der Waals surface area (Å²) in [6.07, 6.45) is 4.23. The van der Waals surface area contributed by atoms with E-state index in [1.54, 1.807) is 0 Å². The zero-order chi connectivity index (χ0) is 18.5. The third kappa shape index (κ3) is 4.47. The molecule has 0 saturated carbocycles. The standard InChI is InChI=1S/C19H25N5O2/c1-14-8-11-23(22-14)12-9-19(26)24-10-4-7-18(24)17-6-3-5-16(21-17)13-20-15(2)25/h3,5-6,8,11,18H,4,7,9-10,12-13H2,1-2H3,(H,20,25)/t18-/m1/s1. The maximum Gasteiger partial charge on any atom is 0.224 e. The average molecular weight is 355 g/mol. The molecule has 1 aliphatic rings. The number of carbonyl (C=O) groups is 2. The van der Waals surface area contributed by atoms with Crippen molar-refractivity contribution in [3.05, 3.63) is 47.5 Å². The zero-order valence-corrected chi connectivity index (χ0v) is 15.3. The summed E-state index contributed by atoms with van der Waals surface area (Å²) in [6, 6.07) is 7.74. The number of hydrogen-bond donors (Lipinski definition) is 1. The first-order chi connectivity index (χ1) is 12.5. The van der Waals surface area contributed by atoms with Gasteiger partial charge in [0, 0.05) is 32.6 Å². The predicted molar refractivity (Wildman–Crippen MR) is 97.0 cm³/mol. The number of likely N-dealkylation sites (tertiary alicyclic amines) is 1. The van der Waals surface area contributed by atoms with Crippen molar-refractivity contribution in [2.24, 2.45) is 0 Å². The molecule has 1 aliphatic heterocycles. The summed E-state index contributed by atoms with van der Waals surface area (Å²) in [5.41, 5.74) is 2.66. The monoisotopic (exact) mass is 355 g/mol. The molecule has 26 heavy (non-hydrogen) atoms. The maximum absolute atomic E-state index is 12.7. The molecule has 1 saturated heterocycles. The van der Waals surface area contributed by atoms with Crippen LogP contribution in [0.4, 0.5) is 0 Å². The van der Waals surface area contributed by atoms with E-state index >= 15 is 0 Å². The molecule has 0 aromatic carbocycles. The normalized spacial score (nSPS) is 16.7. The summed E-state index contributed by atoms with van der Waals surface area (Å²) < 4.78 is 1.81.